The molecule has 0 aromatic heterocycles. The summed E-state index contributed by atoms with van der Waals surface area (Å²) in [5, 5.41) is 4.35. The average Bonchev–Trinajstić information content (AvgIpc) is 2.47. The summed E-state index contributed by atoms with van der Waals surface area (Å²) >= 11 is 6.00. The lowest BCUT2D eigenvalue weighted by Crippen LogP contribution is -2.10. The molecule has 0 amide bonds. The van der Waals surface area contributed by atoms with Crippen LogP contribution < -0.4 is 10.1 Å². The van der Waals surface area contributed by atoms with Crippen molar-refractivity contribution in [2.75, 3.05) is 12.4 Å². The van der Waals surface area contributed by atoms with Crippen LogP contribution >= 0.6 is 11.6 Å². The highest BCUT2D eigenvalue weighted by molar-refractivity contribution is 6.30. The highest BCUT2D eigenvalue weighted by atomic mass is 35.5. The fraction of sp³-hybridized carbons (Fsp3) is 0.294. The number of ether oxygens (including phenoxy) is 1. The lowest BCUT2D eigenvalue weighted by atomic mass is 10.0. The van der Waals surface area contributed by atoms with E-state index in [-0.39, 0.29) is 6.04 Å². The van der Waals surface area contributed by atoms with Crippen molar-refractivity contribution in [1.82, 2.24) is 0 Å². The van der Waals surface area contributed by atoms with Gasteiger partial charge in [-0.3, -0.25) is 0 Å². The average molecular weight is 290 g/mol. The predicted octanol–water partition coefficient (Wildman–Crippen LogP) is 5.22. The predicted molar refractivity (Wildman–Crippen MR) is 85.8 cm³/mol. The van der Waals surface area contributed by atoms with Crippen LogP contribution in [0.2, 0.25) is 5.02 Å². The van der Waals surface area contributed by atoms with Crippen molar-refractivity contribution in [1.29, 1.82) is 0 Å². The molecule has 0 spiro atoms. The van der Waals surface area contributed by atoms with Gasteiger partial charge in [-0.05, 0) is 54.8 Å². The molecule has 20 heavy (non-hydrogen) atoms. The van der Waals surface area contributed by atoms with Crippen LogP contribution in [0.3, 0.4) is 0 Å². The number of hydrogen-bond donors (Lipinski definition) is 1. The van der Waals surface area contributed by atoms with Crippen LogP contribution in [0.1, 0.15) is 30.5 Å². The van der Waals surface area contributed by atoms with Crippen LogP contribution in [0.4, 0.5) is 5.69 Å². The van der Waals surface area contributed by atoms with Crippen molar-refractivity contribution in [3.8, 4) is 5.75 Å². The monoisotopic (exact) mass is 289 g/mol. The van der Waals surface area contributed by atoms with Gasteiger partial charge < -0.3 is 10.1 Å². The van der Waals surface area contributed by atoms with Gasteiger partial charge in [0.15, 0.2) is 0 Å². The first-order chi connectivity index (χ1) is 9.63. The standard InChI is InChI=1S/C17H20ClNO/c1-4-16(13-5-8-15(20-3)9-6-13)19-17-10-7-14(18)11-12(17)2/h5-11,16,19H,4H2,1-3H3. The first-order valence-electron chi connectivity index (χ1n) is 6.80. The van der Waals surface area contributed by atoms with Crippen molar-refractivity contribution < 1.29 is 4.74 Å². The molecule has 0 radical (unpaired) electrons. The summed E-state index contributed by atoms with van der Waals surface area (Å²) in [6.45, 7) is 4.24. The van der Waals surface area contributed by atoms with E-state index in [1.54, 1.807) is 7.11 Å². The Kier molecular flexibility index (Phi) is 4.91. The van der Waals surface area contributed by atoms with Gasteiger partial charge in [-0.1, -0.05) is 30.7 Å². The van der Waals surface area contributed by atoms with Gasteiger partial charge >= 0.3 is 0 Å². The van der Waals surface area contributed by atoms with Gasteiger partial charge in [0.05, 0.1) is 13.2 Å². The van der Waals surface area contributed by atoms with Crippen molar-refractivity contribution in [3.63, 3.8) is 0 Å². The molecule has 0 saturated carbocycles. The van der Waals surface area contributed by atoms with Crippen molar-refractivity contribution in [2.24, 2.45) is 0 Å². The Bertz CT molecular complexity index is 566. The summed E-state index contributed by atoms with van der Waals surface area (Å²) in [5.74, 6) is 0.881. The van der Waals surface area contributed by atoms with Gasteiger partial charge in [-0.25, -0.2) is 0 Å². The lowest BCUT2D eigenvalue weighted by Gasteiger charge is -2.20. The number of methoxy groups -OCH3 is 1. The molecular weight excluding hydrogens is 270 g/mol. The van der Waals surface area contributed by atoms with Crippen LogP contribution in [0, 0.1) is 6.92 Å². The SMILES string of the molecule is CCC(Nc1ccc(Cl)cc1C)c1ccc(OC)cc1. The first kappa shape index (κ1) is 14.7. The molecule has 0 heterocycles. The highest BCUT2D eigenvalue weighted by Gasteiger charge is 2.10. The number of rotatable bonds is 5. The van der Waals surface area contributed by atoms with E-state index < -0.39 is 0 Å². The van der Waals surface area contributed by atoms with E-state index in [1.165, 1.54) is 5.56 Å². The van der Waals surface area contributed by atoms with Gasteiger partial charge in [0.25, 0.3) is 0 Å². The molecule has 2 aromatic rings. The Morgan fingerprint density at radius 1 is 1.15 bits per heavy atom. The Morgan fingerprint density at radius 2 is 1.85 bits per heavy atom. The minimum Gasteiger partial charge on any atom is -0.497 e. The van der Waals surface area contributed by atoms with Crippen LogP contribution in [-0.4, -0.2) is 7.11 Å². The topological polar surface area (TPSA) is 21.3 Å². The summed E-state index contributed by atoms with van der Waals surface area (Å²) in [6.07, 6.45) is 1.01. The third-order valence-electron chi connectivity index (χ3n) is 3.44. The third kappa shape index (κ3) is 3.45. The summed E-state index contributed by atoms with van der Waals surface area (Å²) in [7, 11) is 1.68. The smallest absolute Gasteiger partial charge is 0.118 e. The molecule has 3 heteroatoms. The molecule has 2 aromatic carbocycles. The van der Waals surface area contributed by atoms with E-state index in [1.807, 2.05) is 30.3 Å². The van der Waals surface area contributed by atoms with Crippen LogP contribution in [0.5, 0.6) is 5.75 Å². The van der Waals surface area contributed by atoms with Gasteiger partial charge in [0, 0.05) is 10.7 Å². The molecule has 106 valence electrons. The van der Waals surface area contributed by atoms with Crippen LogP contribution in [0.25, 0.3) is 0 Å². The molecule has 0 aliphatic heterocycles. The molecule has 1 N–H and O–H groups in total. The Morgan fingerprint density at radius 3 is 2.40 bits per heavy atom. The van der Waals surface area contributed by atoms with E-state index in [4.69, 9.17) is 16.3 Å². The molecule has 0 bridgehead atoms. The molecule has 0 aliphatic rings. The van der Waals surface area contributed by atoms with E-state index in [9.17, 15) is 0 Å². The van der Waals surface area contributed by atoms with Crippen molar-refractivity contribution in [3.05, 3.63) is 58.6 Å². The maximum atomic E-state index is 6.00. The fourth-order valence-corrected chi connectivity index (χ4v) is 2.46. The second-order valence-electron chi connectivity index (χ2n) is 4.84. The largest absolute Gasteiger partial charge is 0.497 e. The van der Waals surface area contributed by atoms with Crippen LogP contribution in [0.15, 0.2) is 42.5 Å². The maximum Gasteiger partial charge on any atom is 0.118 e. The third-order valence-corrected chi connectivity index (χ3v) is 3.68. The molecule has 0 fully saturated rings. The normalized spacial score (nSPS) is 12.0. The van der Waals surface area contributed by atoms with E-state index in [0.717, 1.165) is 28.4 Å². The zero-order chi connectivity index (χ0) is 14.5. The van der Waals surface area contributed by atoms with Crippen molar-refractivity contribution >= 4 is 17.3 Å². The van der Waals surface area contributed by atoms with Crippen molar-refractivity contribution in [2.45, 2.75) is 26.3 Å². The first-order valence-corrected chi connectivity index (χ1v) is 7.18. The number of hydrogen-bond acceptors (Lipinski definition) is 2. The summed E-state index contributed by atoms with van der Waals surface area (Å²) in [4.78, 5) is 0. The van der Waals surface area contributed by atoms with E-state index in [0.29, 0.717) is 0 Å². The molecule has 0 saturated heterocycles. The number of anilines is 1. The molecule has 1 atom stereocenters. The Hall–Kier alpha value is -1.67. The second-order valence-corrected chi connectivity index (χ2v) is 5.27. The second kappa shape index (κ2) is 6.67. The molecule has 1 unspecified atom stereocenters. The molecular formula is C17H20ClNO. The maximum absolute atomic E-state index is 6.00. The summed E-state index contributed by atoms with van der Waals surface area (Å²) in [5.41, 5.74) is 3.53. The fourth-order valence-electron chi connectivity index (χ4n) is 2.23. The lowest BCUT2D eigenvalue weighted by molar-refractivity contribution is 0.414. The number of benzene rings is 2. The zero-order valence-electron chi connectivity index (χ0n) is 12.1. The molecule has 2 nitrogen and oxygen atoms in total. The van der Waals surface area contributed by atoms with E-state index >= 15 is 0 Å². The number of halogens is 1. The summed E-state index contributed by atoms with van der Waals surface area (Å²) < 4.78 is 5.20. The summed E-state index contributed by atoms with van der Waals surface area (Å²) in [6, 6.07) is 14.4. The highest BCUT2D eigenvalue weighted by Crippen LogP contribution is 2.27. The zero-order valence-corrected chi connectivity index (χ0v) is 12.9. The van der Waals surface area contributed by atoms with Gasteiger partial charge in [-0.15, -0.1) is 0 Å². The van der Waals surface area contributed by atoms with E-state index in [2.05, 4.69) is 31.3 Å². The van der Waals surface area contributed by atoms with Crippen LogP contribution in [-0.2, 0) is 0 Å². The Labute approximate surface area is 125 Å². The Balaban J connectivity index is 2.19. The van der Waals surface area contributed by atoms with Gasteiger partial charge in [0.2, 0.25) is 0 Å². The minimum atomic E-state index is 0.279. The molecule has 2 rings (SSSR count). The minimum absolute atomic E-state index is 0.279. The van der Waals surface area contributed by atoms with Gasteiger partial charge in [-0.2, -0.15) is 0 Å². The number of aryl methyl sites for hydroxylation is 1. The van der Waals surface area contributed by atoms with Gasteiger partial charge in [0.1, 0.15) is 5.75 Å². The quantitative estimate of drug-likeness (QED) is 0.815. The molecule has 0 aliphatic carbocycles. The number of nitrogens with one attached hydrogen (secondary N) is 1.